The fraction of sp³-hybridized carbons (Fsp3) is 0.300. The second kappa shape index (κ2) is 5.48. The summed E-state index contributed by atoms with van der Waals surface area (Å²) in [5.41, 5.74) is 2.77. The average Bonchev–Trinajstić information content (AvgIpc) is 2.60. The van der Waals surface area contributed by atoms with Crippen molar-refractivity contribution < 1.29 is 14.3 Å². The predicted octanol–water partition coefficient (Wildman–Crippen LogP) is 2.74. The Bertz CT molecular complexity index is 829. The fourth-order valence-electron chi connectivity index (χ4n) is 3.66. The van der Waals surface area contributed by atoms with E-state index >= 15 is 0 Å². The highest BCUT2D eigenvalue weighted by molar-refractivity contribution is 5.97. The molecule has 0 fully saturated rings. The van der Waals surface area contributed by atoms with Crippen LogP contribution >= 0.6 is 0 Å². The van der Waals surface area contributed by atoms with Crippen molar-refractivity contribution in [2.24, 2.45) is 0 Å². The smallest absolute Gasteiger partial charge is 0.339 e. The van der Waals surface area contributed by atoms with Gasteiger partial charge in [0.25, 0.3) is 5.91 Å². The molecule has 0 saturated carbocycles. The number of amides is 1. The van der Waals surface area contributed by atoms with E-state index in [2.05, 4.69) is 12.1 Å². The zero-order valence-electron chi connectivity index (χ0n) is 13.6. The quantitative estimate of drug-likeness (QED) is 0.759. The number of esters is 1. The lowest BCUT2D eigenvalue weighted by atomic mass is 9.88. The summed E-state index contributed by atoms with van der Waals surface area (Å²) in [6, 6.07) is 15.5. The second-order valence-electron chi connectivity index (χ2n) is 6.70. The van der Waals surface area contributed by atoms with Gasteiger partial charge in [0.1, 0.15) is 0 Å². The van der Waals surface area contributed by atoms with E-state index in [1.54, 1.807) is 13.0 Å². The first-order chi connectivity index (χ1) is 11.6. The van der Waals surface area contributed by atoms with Gasteiger partial charge in [-0.2, -0.15) is 0 Å². The molecule has 1 amide bonds. The van der Waals surface area contributed by atoms with Crippen molar-refractivity contribution in [1.29, 1.82) is 0 Å². The third-order valence-corrected chi connectivity index (χ3v) is 4.95. The van der Waals surface area contributed by atoms with Crippen molar-refractivity contribution in [2.75, 3.05) is 6.54 Å². The van der Waals surface area contributed by atoms with Gasteiger partial charge in [-0.25, -0.2) is 4.79 Å². The fourth-order valence-corrected chi connectivity index (χ4v) is 3.66. The molecular formula is C20H19NO3. The number of fused-ring (bicyclic) bond motifs is 2. The largest absolute Gasteiger partial charge is 0.445 e. The van der Waals surface area contributed by atoms with Gasteiger partial charge in [0.15, 0.2) is 5.60 Å². The molecule has 4 heteroatoms. The Kier molecular flexibility index (Phi) is 3.41. The molecule has 0 spiro atoms. The number of rotatable bonds is 1. The first kappa shape index (κ1) is 14.9. The Morgan fingerprint density at radius 2 is 1.71 bits per heavy atom. The number of nitrogens with zero attached hydrogens (tertiary/aromatic N) is 1. The lowest BCUT2D eigenvalue weighted by Crippen LogP contribution is -2.54. The lowest BCUT2D eigenvalue weighted by Gasteiger charge is -2.39. The monoisotopic (exact) mass is 321 g/mol. The van der Waals surface area contributed by atoms with Gasteiger partial charge >= 0.3 is 5.97 Å². The van der Waals surface area contributed by atoms with Crippen molar-refractivity contribution in [3.8, 4) is 0 Å². The molecule has 0 radical (unpaired) electrons. The predicted molar refractivity (Wildman–Crippen MR) is 89.5 cm³/mol. The van der Waals surface area contributed by atoms with Crippen molar-refractivity contribution in [2.45, 2.75) is 31.9 Å². The zero-order valence-corrected chi connectivity index (χ0v) is 13.6. The summed E-state index contributed by atoms with van der Waals surface area (Å²) in [5, 5.41) is 0. The van der Waals surface area contributed by atoms with E-state index in [0.717, 1.165) is 12.0 Å². The van der Waals surface area contributed by atoms with Crippen molar-refractivity contribution in [1.82, 2.24) is 4.90 Å². The minimum absolute atomic E-state index is 0.111. The molecule has 0 aliphatic carbocycles. The molecule has 24 heavy (non-hydrogen) atoms. The Labute approximate surface area is 141 Å². The van der Waals surface area contributed by atoms with E-state index in [1.165, 1.54) is 11.1 Å². The molecule has 0 saturated heterocycles. The minimum atomic E-state index is -1.13. The van der Waals surface area contributed by atoms with Gasteiger partial charge in [-0.15, -0.1) is 0 Å². The Hall–Kier alpha value is -2.62. The Balaban J connectivity index is 1.60. The molecule has 2 aromatic carbocycles. The summed E-state index contributed by atoms with van der Waals surface area (Å²) in [5.74, 6) is -0.523. The minimum Gasteiger partial charge on any atom is -0.445 e. The molecule has 0 N–H and O–H groups in total. The van der Waals surface area contributed by atoms with E-state index < -0.39 is 11.6 Å². The number of hydrogen-bond donors (Lipinski definition) is 0. The van der Waals surface area contributed by atoms with Crippen LogP contribution in [0, 0.1) is 0 Å². The highest BCUT2D eigenvalue weighted by Gasteiger charge is 2.45. The summed E-state index contributed by atoms with van der Waals surface area (Å²) >= 11 is 0. The summed E-state index contributed by atoms with van der Waals surface area (Å²) in [7, 11) is 0. The number of ether oxygens (including phenoxy) is 1. The van der Waals surface area contributed by atoms with Crippen molar-refractivity contribution in [3.63, 3.8) is 0 Å². The zero-order chi connectivity index (χ0) is 16.7. The van der Waals surface area contributed by atoms with Crippen LogP contribution in [-0.2, 0) is 28.9 Å². The maximum absolute atomic E-state index is 13.1. The third kappa shape index (κ3) is 2.39. The molecule has 2 aliphatic heterocycles. The number of carbonyl (C=O) groups is 2. The Morgan fingerprint density at radius 3 is 2.50 bits per heavy atom. The molecule has 2 heterocycles. The van der Waals surface area contributed by atoms with Crippen molar-refractivity contribution in [3.05, 3.63) is 70.8 Å². The van der Waals surface area contributed by atoms with Gasteiger partial charge in [0.2, 0.25) is 0 Å². The van der Waals surface area contributed by atoms with E-state index in [1.807, 2.05) is 35.2 Å². The normalized spacial score (nSPS) is 22.4. The number of hydrogen-bond acceptors (Lipinski definition) is 3. The van der Waals surface area contributed by atoms with Gasteiger partial charge in [0, 0.05) is 19.5 Å². The molecule has 0 aromatic heterocycles. The molecule has 1 atom stereocenters. The van der Waals surface area contributed by atoms with Gasteiger partial charge in [-0.05, 0) is 36.1 Å². The number of benzene rings is 2. The van der Waals surface area contributed by atoms with Crippen molar-refractivity contribution >= 4 is 11.9 Å². The van der Waals surface area contributed by atoms with Gasteiger partial charge in [-0.1, -0.05) is 42.5 Å². The van der Waals surface area contributed by atoms with Crippen LogP contribution in [0.25, 0.3) is 0 Å². The van der Waals surface area contributed by atoms with Crippen LogP contribution < -0.4 is 0 Å². The van der Waals surface area contributed by atoms with Crippen LogP contribution in [0.5, 0.6) is 0 Å². The van der Waals surface area contributed by atoms with E-state index in [-0.39, 0.29) is 5.91 Å². The first-order valence-corrected chi connectivity index (χ1v) is 8.24. The maximum atomic E-state index is 13.1. The van der Waals surface area contributed by atoms with Crippen LogP contribution in [0.4, 0.5) is 0 Å². The second-order valence-corrected chi connectivity index (χ2v) is 6.70. The summed E-state index contributed by atoms with van der Waals surface area (Å²) < 4.78 is 5.57. The van der Waals surface area contributed by atoms with Crippen LogP contribution in [0.2, 0.25) is 0 Å². The summed E-state index contributed by atoms with van der Waals surface area (Å²) in [6.07, 6.45) is 1.26. The molecule has 2 aromatic rings. The van der Waals surface area contributed by atoms with Crippen LogP contribution in [-0.4, -0.2) is 28.9 Å². The molecule has 2 aliphatic rings. The molecule has 122 valence electrons. The van der Waals surface area contributed by atoms with E-state index in [0.29, 0.717) is 25.1 Å². The molecule has 4 rings (SSSR count). The van der Waals surface area contributed by atoms with Gasteiger partial charge in [-0.3, -0.25) is 4.79 Å². The van der Waals surface area contributed by atoms with E-state index in [4.69, 9.17) is 4.74 Å². The average molecular weight is 321 g/mol. The highest BCUT2D eigenvalue weighted by atomic mass is 16.6. The first-order valence-electron chi connectivity index (χ1n) is 8.24. The topological polar surface area (TPSA) is 46.6 Å². The summed E-state index contributed by atoms with van der Waals surface area (Å²) in [4.78, 5) is 27.2. The SMILES string of the molecule is C[C@@]1(C(=O)N2CCc3ccccc3C2)Cc2ccccc2C(=O)O1. The number of carbonyl (C=O) groups excluding carboxylic acids is 2. The molecule has 0 bridgehead atoms. The Morgan fingerprint density at radius 1 is 1.04 bits per heavy atom. The number of cyclic esters (lactones) is 1. The molecule has 4 nitrogen and oxygen atoms in total. The van der Waals surface area contributed by atoms with Crippen LogP contribution in [0.15, 0.2) is 48.5 Å². The maximum Gasteiger partial charge on any atom is 0.339 e. The van der Waals surface area contributed by atoms with Crippen LogP contribution in [0.1, 0.15) is 34.0 Å². The molecule has 0 unspecified atom stereocenters. The van der Waals surface area contributed by atoms with Gasteiger partial charge < -0.3 is 9.64 Å². The molecular weight excluding hydrogens is 302 g/mol. The lowest BCUT2D eigenvalue weighted by molar-refractivity contribution is -0.152. The van der Waals surface area contributed by atoms with E-state index in [9.17, 15) is 9.59 Å². The van der Waals surface area contributed by atoms with Crippen LogP contribution in [0.3, 0.4) is 0 Å². The van der Waals surface area contributed by atoms with Gasteiger partial charge in [0.05, 0.1) is 5.56 Å². The third-order valence-electron chi connectivity index (χ3n) is 4.95. The standard InChI is InChI=1S/C20H19NO3/c1-20(12-15-7-4-5-9-17(15)18(22)24-20)19(23)21-11-10-14-6-2-3-8-16(14)13-21/h2-9H,10-13H2,1H3/t20-/m0/s1. The highest BCUT2D eigenvalue weighted by Crippen LogP contribution is 2.31. The summed E-state index contributed by atoms with van der Waals surface area (Å²) in [6.45, 7) is 2.96.